The lowest BCUT2D eigenvalue weighted by atomic mass is 10.1. The second kappa shape index (κ2) is 7.45. The van der Waals surface area contributed by atoms with Crippen LogP contribution in [0.2, 0.25) is 0 Å². The van der Waals surface area contributed by atoms with E-state index in [2.05, 4.69) is 15.5 Å². The van der Waals surface area contributed by atoms with Crippen LogP contribution in [0.25, 0.3) is 11.3 Å². The molecule has 1 aromatic heterocycles. The maximum Gasteiger partial charge on any atom is 0.251 e. The van der Waals surface area contributed by atoms with Gasteiger partial charge < -0.3 is 14.8 Å². The lowest BCUT2D eigenvalue weighted by molar-refractivity contribution is 0.0951. The summed E-state index contributed by atoms with van der Waals surface area (Å²) in [6.45, 7) is 0. The van der Waals surface area contributed by atoms with Crippen molar-refractivity contribution in [1.82, 2.24) is 15.5 Å². The number of benzene rings is 2. The highest BCUT2D eigenvalue weighted by atomic mass is 16.5. The van der Waals surface area contributed by atoms with Crippen molar-refractivity contribution in [3.05, 3.63) is 66.2 Å². The third-order valence-corrected chi connectivity index (χ3v) is 4.26. The smallest absolute Gasteiger partial charge is 0.251 e. The number of hydrogen-bond acceptors (Lipinski definition) is 5. The number of carbonyl (C=O) groups excluding carboxylic acids is 1. The van der Waals surface area contributed by atoms with Crippen molar-refractivity contribution >= 4 is 5.91 Å². The van der Waals surface area contributed by atoms with Crippen LogP contribution < -0.4 is 14.8 Å². The fourth-order valence-electron chi connectivity index (χ4n) is 2.66. The largest absolute Gasteiger partial charge is 0.493 e. The molecule has 1 N–H and O–H groups in total. The van der Waals surface area contributed by atoms with Crippen LogP contribution in [0.3, 0.4) is 0 Å². The Morgan fingerprint density at radius 2 is 1.81 bits per heavy atom. The highest BCUT2D eigenvalue weighted by Gasteiger charge is 2.23. The van der Waals surface area contributed by atoms with E-state index in [9.17, 15) is 4.79 Å². The Labute approximate surface area is 157 Å². The first-order valence-corrected chi connectivity index (χ1v) is 8.79. The predicted molar refractivity (Wildman–Crippen MR) is 101 cm³/mol. The first-order valence-electron chi connectivity index (χ1n) is 8.79. The lowest BCUT2D eigenvalue weighted by Gasteiger charge is -2.09. The maximum atomic E-state index is 12.2. The molecule has 0 radical (unpaired) electrons. The van der Waals surface area contributed by atoms with Gasteiger partial charge in [0.05, 0.1) is 12.8 Å². The molecule has 4 rings (SSSR count). The van der Waals surface area contributed by atoms with Crippen LogP contribution in [0.15, 0.2) is 60.7 Å². The maximum absolute atomic E-state index is 12.2. The number of aromatic nitrogens is 2. The van der Waals surface area contributed by atoms with Gasteiger partial charge >= 0.3 is 0 Å². The number of amides is 1. The van der Waals surface area contributed by atoms with Crippen LogP contribution in [-0.4, -0.2) is 29.3 Å². The Balaban J connectivity index is 1.51. The second-order valence-corrected chi connectivity index (χ2v) is 6.34. The van der Waals surface area contributed by atoms with Crippen molar-refractivity contribution in [2.45, 2.75) is 18.9 Å². The van der Waals surface area contributed by atoms with Gasteiger partial charge in [-0.25, -0.2) is 0 Å². The molecule has 6 nitrogen and oxygen atoms in total. The summed E-state index contributed by atoms with van der Waals surface area (Å²) in [6.07, 6.45) is 2.12. The van der Waals surface area contributed by atoms with Gasteiger partial charge in [0.25, 0.3) is 5.91 Å². The number of rotatable bonds is 6. The molecule has 1 aliphatic rings. The lowest BCUT2D eigenvalue weighted by Crippen LogP contribution is -2.25. The predicted octanol–water partition coefficient (Wildman–Crippen LogP) is 3.84. The minimum atomic E-state index is -0.0524. The van der Waals surface area contributed by atoms with Gasteiger partial charge in [0.2, 0.25) is 5.88 Å². The van der Waals surface area contributed by atoms with Gasteiger partial charge in [0.1, 0.15) is 0 Å². The number of nitrogens with zero attached hydrogens (tertiary/aromatic N) is 2. The van der Waals surface area contributed by atoms with Gasteiger partial charge in [0.15, 0.2) is 11.5 Å². The molecule has 2 aromatic carbocycles. The molecule has 0 saturated heterocycles. The molecule has 0 aliphatic heterocycles. The molecule has 1 aliphatic carbocycles. The van der Waals surface area contributed by atoms with Gasteiger partial charge in [-0.05, 0) is 43.2 Å². The van der Waals surface area contributed by atoms with Crippen molar-refractivity contribution < 1.29 is 14.3 Å². The number of nitrogens with one attached hydrogen (secondary N) is 1. The third kappa shape index (κ3) is 4.06. The van der Waals surface area contributed by atoms with Crippen LogP contribution in [0.1, 0.15) is 23.2 Å². The highest BCUT2D eigenvalue weighted by Crippen LogP contribution is 2.30. The minimum Gasteiger partial charge on any atom is -0.493 e. The van der Waals surface area contributed by atoms with Crippen molar-refractivity contribution in [3.8, 4) is 28.6 Å². The van der Waals surface area contributed by atoms with E-state index < -0.39 is 0 Å². The van der Waals surface area contributed by atoms with Crippen molar-refractivity contribution in [1.29, 1.82) is 0 Å². The quantitative estimate of drug-likeness (QED) is 0.722. The Hall–Kier alpha value is -3.41. The molecule has 1 amide bonds. The third-order valence-electron chi connectivity index (χ3n) is 4.26. The van der Waals surface area contributed by atoms with Gasteiger partial charge in [-0.15, -0.1) is 10.2 Å². The topological polar surface area (TPSA) is 73.3 Å². The van der Waals surface area contributed by atoms with Gasteiger partial charge in [-0.1, -0.05) is 24.3 Å². The number of para-hydroxylation sites is 2. The average Bonchev–Trinajstić information content (AvgIpc) is 3.53. The summed E-state index contributed by atoms with van der Waals surface area (Å²) in [5, 5.41) is 11.3. The van der Waals surface area contributed by atoms with E-state index in [1.54, 1.807) is 25.3 Å². The molecule has 1 heterocycles. The molecule has 136 valence electrons. The zero-order valence-corrected chi connectivity index (χ0v) is 14.9. The minimum absolute atomic E-state index is 0.0524. The van der Waals surface area contributed by atoms with Gasteiger partial charge in [-0.3, -0.25) is 4.79 Å². The SMILES string of the molecule is COc1ccccc1Oc1ccc(-c2cccc(C(=O)NC3CC3)c2)nn1. The molecule has 3 aromatic rings. The Kier molecular flexibility index (Phi) is 4.70. The van der Waals surface area contributed by atoms with Crippen LogP contribution >= 0.6 is 0 Å². The van der Waals surface area contributed by atoms with E-state index >= 15 is 0 Å². The molecular formula is C21H19N3O3. The van der Waals surface area contributed by atoms with Crippen LogP contribution in [0.4, 0.5) is 0 Å². The standard InChI is InChI=1S/C21H19N3O3/c1-26-18-7-2-3-8-19(18)27-20-12-11-17(23-24-20)14-5-4-6-15(13-14)21(25)22-16-9-10-16/h2-8,11-13,16H,9-10H2,1H3,(H,22,25). The first kappa shape index (κ1) is 17.0. The zero-order valence-electron chi connectivity index (χ0n) is 14.9. The monoisotopic (exact) mass is 361 g/mol. The molecule has 0 atom stereocenters. The van der Waals surface area contributed by atoms with Crippen molar-refractivity contribution in [3.63, 3.8) is 0 Å². The van der Waals surface area contributed by atoms with Crippen molar-refractivity contribution in [2.24, 2.45) is 0 Å². The van der Waals surface area contributed by atoms with Crippen LogP contribution in [-0.2, 0) is 0 Å². The average molecular weight is 361 g/mol. The summed E-state index contributed by atoms with van der Waals surface area (Å²) < 4.78 is 11.0. The number of carbonyl (C=O) groups is 1. The summed E-state index contributed by atoms with van der Waals surface area (Å²) >= 11 is 0. The van der Waals surface area contributed by atoms with E-state index in [1.165, 1.54) is 0 Å². The Morgan fingerprint density at radius 3 is 2.52 bits per heavy atom. The molecule has 27 heavy (non-hydrogen) atoms. The van der Waals surface area contributed by atoms with E-state index in [4.69, 9.17) is 9.47 Å². The van der Waals surface area contributed by atoms with Crippen molar-refractivity contribution in [2.75, 3.05) is 7.11 Å². The summed E-state index contributed by atoms with van der Waals surface area (Å²) in [5.74, 6) is 1.51. The normalized spacial score (nSPS) is 13.1. The molecule has 0 bridgehead atoms. The summed E-state index contributed by atoms with van der Waals surface area (Å²) in [7, 11) is 1.59. The highest BCUT2D eigenvalue weighted by molar-refractivity contribution is 5.95. The fourth-order valence-corrected chi connectivity index (χ4v) is 2.66. The number of hydrogen-bond donors (Lipinski definition) is 1. The molecule has 1 fully saturated rings. The molecular weight excluding hydrogens is 342 g/mol. The van der Waals surface area contributed by atoms with E-state index in [1.807, 2.05) is 42.5 Å². The van der Waals surface area contributed by atoms with Crippen LogP contribution in [0, 0.1) is 0 Å². The Morgan fingerprint density at radius 1 is 1.00 bits per heavy atom. The van der Waals surface area contributed by atoms with E-state index in [-0.39, 0.29) is 5.91 Å². The molecule has 0 spiro atoms. The molecule has 1 saturated carbocycles. The molecule has 0 unspecified atom stereocenters. The molecule has 6 heteroatoms. The second-order valence-electron chi connectivity index (χ2n) is 6.34. The summed E-state index contributed by atoms with van der Waals surface area (Å²) in [5.41, 5.74) is 2.12. The summed E-state index contributed by atoms with van der Waals surface area (Å²) in [6, 6.07) is 18.6. The van der Waals surface area contributed by atoms with Gasteiger partial charge in [0, 0.05) is 23.2 Å². The summed E-state index contributed by atoms with van der Waals surface area (Å²) in [4.78, 5) is 12.2. The number of ether oxygens (including phenoxy) is 2. The van der Waals surface area contributed by atoms with Crippen LogP contribution in [0.5, 0.6) is 17.4 Å². The Bertz CT molecular complexity index is 953. The van der Waals surface area contributed by atoms with E-state index in [0.717, 1.165) is 18.4 Å². The zero-order chi connectivity index (χ0) is 18.6. The van der Waals surface area contributed by atoms with Gasteiger partial charge in [-0.2, -0.15) is 0 Å². The van der Waals surface area contributed by atoms with E-state index in [0.29, 0.717) is 34.7 Å². The fraction of sp³-hybridized carbons (Fsp3) is 0.190. The number of methoxy groups -OCH3 is 1. The first-order chi connectivity index (χ1) is 13.2.